The summed E-state index contributed by atoms with van der Waals surface area (Å²) in [6.07, 6.45) is 7.73. The Morgan fingerprint density at radius 1 is 1.10 bits per heavy atom. The molecule has 0 aromatic carbocycles. The normalized spacial score (nSPS) is 45.9. The Bertz CT molecular complexity index is 122. The third-order valence-electron chi connectivity index (χ3n) is 3.27. The summed E-state index contributed by atoms with van der Waals surface area (Å²) in [6, 6.07) is 0. The van der Waals surface area contributed by atoms with Crippen molar-refractivity contribution in [1.29, 1.82) is 0 Å². The predicted octanol–water partition coefficient (Wildman–Crippen LogP) is 2.21. The van der Waals surface area contributed by atoms with Crippen LogP contribution in [-0.4, -0.2) is 13.2 Å². The molecule has 0 aliphatic heterocycles. The second-order valence-electron chi connectivity index (χ2n) is 3.79. The van der Waals surface area contributed by atoms with Crippen molar-refractivity contribution in [3.63, 3.8) is 0 Å². The first-order valence-corrected chi connectivity index (χ1v) is 4.43. The molecule has 2 bridgehead atoms. The van der Waals surface area contributed by atoms with Crippen molar-refractivity contribution in [2.24, 2.45) is 11.8 Å². The standard InChI is InChI=1S/C9H16O/c1-10-9-5-3-7-2-4-8(9)6-7/h7-9H,2-6H2,1H3. The molecule has 2 rings (SSSR count). The molecule has 2 aliphatic carbocycles. The van der Waals surface area contributed by atoms with Crippen molar-refractivity contribution in [2.75, 3.05) is 7.11 Å². The molecule has 0 heterocycles. The van der Waals surface area contributed by atoms with Crippen molar-refractivity contribution in [3.8, 4) is 0 Å². The maximum atomic E-state index is 5.42. The van der Waals surface area contributed by atoms with Gasteiger partial charge in [-0.2, -0.15) is 0 Å². The lowest BCUT2D eigenvalue weighted by Crippen LogP contribution is -2.24. The first-order chi connectivity index (χ1) is 4.90. The van der Waals surface area contributed by atoms with Crippen LogP contribution in [0, 0.1) is 11.8 Å². The molecule has 3 atom stereocenters. The topological polar surface area (TPSA) is 9.23 Å². The third kappa shape index (κ3) is 0.968. The first-order valence-electron chi connectivity index (χ1n) is 4.43. The molecule has 0 aromatic rings. The van der Waals surface area contributed by atoms with Gasteiger partial charge in [-0.3, -0.25) is 0 Å². The Kier molecular flexibility index (Phi) is 1.69. The second-order valence-corrected chi connectivity index (χ2v) is 3.79. The highest BCUT2D eigenvalue weighted by atomic mass is 16.5. The van der Waals surface area contributed by atoms with Crippen LogP contribution in [0.25, 0.3) is 0 Å². The molecule has 0 amide bonds. The van der Waals surface area contributed by atoms with Gasteiger partial charge in [-0.1, -0.05) is 6.42 Å². The monoisotopic (exact) mass is 140 g/mol. The van der Waals surface area contributed by atoms with Crippen LogP contribution in [0.15, 0.2) is 0 Å². The molecule has 2 saturated carbocycles. The summed E-state index contributed by atoms with van der Waals surface area (Å²) in [5.41, 5.74) is 0. The molecule has 1 heteroatoms. The maximum absolute atomic E-state index is 5.42. The van der Waals surface area contributed by atoms with Crippen LogP contribution in [-0.2, 0) is 4.74 Å². The molecule has 0 N–H and O–H groups in total. The number of ether oxygens (including phenoxy) is 1. The lowest BCUT2D eigenvalue weighted by atomic mass is 9.87. The van der Waals surface area contributed by atoms with E-state index in [0.29, 0.717) is 6.10 Å². The van der Waals surface area contributed by atoms with E-state index in [4.69, 9.17) is 4.74 Å². The van der Waals surface area contributed by atoms with E-state index in [2.05, 4.69) is 0 Å². The van der Waals surface area contributed by atoms with Crippen molar-refractivity contribution in [2.45, 2.75) is 38.2 Å². The lowest BCUT2D eigenvalue weighted by molar-refractivity contribution is 0.0294. The molecular formula is C9H16O. The molecule has 2 fully saturated rings. The van der Waals surface area contributed by atoms with Crippen molar-refractivity contribution < 1.29 is 4.74 Å². The van der Waals surface area contributed by atoms with E-state index < -0.39 is 0 Å². The Balaban J connectivity index is 2.00. The van der Waals surface area contributed by atoms with Crippen LogP contribution in [0.1, 0.15) is 32.1 Å². The molecule has 0 radical (unpaired) electrons. The number of hydrogen-bond donors (Lipinski definition) is 0. The maximum Gasteiger partial charge on any atom is 0.0599 e. The number of fused-ring (bicyclic) bond motifs is 2. The quantitative estimate of drug-likeness (QED) is 0.542. The van der Waals surface area contributed by atoms with Gasteiger partial charge in [0.25, 0.3) is 0 Å². The van der Waals surface area contributed by atoms with Crippen LogP contribution in [0.4, 0.5) is 0 Å². The van der Waals surface area contributed by atoms with Crippen molar-refractivity contribution in [1.82, 2.24) is 0 Å². The molecule has 0 aromatic heterocycles. The van der Waals surface area contributed by atoms with Gasteiger partial charge in [-0.15, -0.1) is 0 Å². The van der Waals surface area contributed by atoms with Gasteiger partial charge in [0.2, 0.25) is 0 Å². The van der Waals surface area contributed by atoms with E-state index in [1.807, 2.05) is 7.11 Å². The van der Waals surface area contributed by atoms with Gasteiger partial charge in [0, 0.05) is 7.11 Å². The highest BCUT2D eigenvalue weighted by Gasteiger charge is 2.35. The Hall–Kier alpha value is -0.0400. The summed E-state index contributed by atoms with van der Waals surface area (Å²) < 4.78 is 5.42. The average Bonchev–Trinajstić information content (AvgIpc) is 2.34. The Morgan fingerprint density at radius 2 is 1.90 bits per heavy atom. The minimum absolute atomic E-state index is 0.610. The molecule has 0 saturated heterocycles. The fraction of sp³-hybridized carbons (Fsp3) is 1.00. The van der Waals surface area contributed by atoms with Gasteiger partial charge in [-0.05, 0) is 37.5 Å². The Morgan fingerprint density at radius 3 is 2.70 bits per heavy atom. The first kappa shape index (κ1) is 6.66. The molecule has 10 heavy (non-hydrogen) atoms. The summed E-state index contributed by atoms with van der Waals surface area (Å²) in [7, 11) is 1.86. The van der Waals surface area contributed by atoms with E-state index in [-0.39, 0.29) is 0 Å². The van der Waals surface area contributed by atoms with E-state index >= 15 is 0 Å². The van der Waals surface area contributed by atoms with E-state index in [0.717, 1.165) is 11.8 Å². The van der Waals surface area contributed by atoms with Gasteiger partial charge in [0.05, 0.1) is 6.10 Å². The fourth-order valence-electron chi connectivity index (χ4n) is 2.66. The van der Waals surface area contributed by atoms with Gasteiger partial charge in [-0.25, -0.2) is 0 Å². The predicted molar refractivity (Wildman–Crippen MR) is 40.9 cm³/mol. The van der Waals surface area contributed by atoms with Crippen LogP contribution < -0.4 is 0 Å². The summed E-state index contributed by atoms with van der Waals surface area (Å²) in [6.45, 7) is 0. The van der Waals surface area contributed by atoms with E-state index in [9.17, 15) is 0 Å². The molecule has 58 valence electrons. The third-order valence-corrected chi connectivity index (χ3v) is 3.27. The van der Waals surface area contributed by atoms with Crippen molar-refractivity contribution in [3.05, 3.63) is 0 Å². The SMILES string of the molecule is COC1CCC2CCC1C2. The largest absolute Gasteiger partial charge is 0.381 e. The van der Waals surface area contributed by atoms with Crippen LogP contribution in [0.2, 0.25) is 0 Å². The number of methoxy groups -OCH3 is 1. The van der Waals surface area contributed by atoms with Gasteiger partial charge in [0.1, 0.15) is 0 Å². The summed E-state index contributed by atoms with van der Waals surface area (Å²) >= 11 is 0. The van der Waals surface area contributed by atoms with Crippen molar-refractivity contribution >= 4 is 0 Å². The van der Waals surface area contributed by atoms with Gasteiger partial charge < -0.3 is 4.74 Å². The zero-order chi connectivity index (χ0) is 6.97. The molecule has 0 spiro atoms. The molecule has 3 unspecified atom stereocenters. The van der Waals surface area contributed by atoms with Crippen LogP contribution >= 0.6 is 0 Å². The Labute approximate surface area is 62.8 Å². The zero-order valence-corrected chi connectivity index (χ0v) is 6.68. The van der Waals surface area contributed by atoms with E-state index in [1.165, 1.54) is 32.1 Å². The smallest absolute Gasteiger partial charge is 0.0599 e. The summed E-state index contributed by atoms with van der Waals surface area (Å²) in [5.74, 6) is 1.99. The minimum atomic E-state index is 0.610. The average molecular weight is 140 g/mol. The highest BCUT2D eigenvalue weighted by molar-refractivity contribution is 4.86. The van der Waals surface area contributed by atoms with Gasteiger partial charge >= 0.3 is 0 Å². The summed E-state index contributed by atoms with van der Waals surface area (Å²) in [4.78, 5) is 0. The zero-order valence-electron chi connectivity index (χ0n) is 6.68. The molecular weight excluding hydrogens is 124 g/mol. The second kappa shape index (κ2) is 2.54. The lowest BCUT2D eigenvalue weighted by Gasteiger charge is -2.27. The minimum Gasteiger partial charge on any atom is -0.381 e. The fourth-order valence-corrected chi connectivity index (χ4v) is 2.66. The highest BCUT2D eigenvalue weighted by Crippen LogP contribution is 2.42. The van der Waals surface area contributed by atoms with Gasteiger partial charge in [0.15, 0.2) is 0 Å². The summed E-state index contributed by atoms with van der Waals surface area (Å²) in [5, 5.41) is 0. The molecule has 1 nitrogen and oxygen atoms in total. The van der Waals surface area contributed by atoms with E-state index in [1.54, 1.807) is 0 Å². The van der Waals surface area contributed by atoms with Crippen LogP contribution in [0.5, 0.6) is 0 Å². The van der Waals surface area contributed by atoms with Crippen LogP contribution in [0.3, 0.4) is 0 Å². The molecule has 2 aliphatic rings. The number of hydrogen-bond acceptors (Lipinski definition) is 1. The number of rotatable bonds is 1.